The van der Waals surface area contributed by atoms with Crippen molar-refractivity contribution in [2.24, 2.45) is 17.6 Å². The molecule has 1 saturated carbocycles. The molecule has 20 nitrogen and oxygen atoms in total. The molecule has 5 aliphatic rings. The number of carbonyl (C=O) groups excluding carboxylic acids is 6. The highest BCUT2D eigenvalue weighted by atomic mass is 19.1. The van der Waals surface area contributed by atoms with Gasteiger partial charge in [-0.2, -0.15) is 4.98 Å². The molecular formula is C69H103FN12O8. The van der Waals surface area contributed by atoms with Crippen LogP contribution in [0.25, 0.3) is 0 Å². The summed E-state index contributed by atoms with van der Waals surface area (Å²) in [4.78, 5) is 98.3. The Morgan fingerprint density at radius 3 is 2.09 bits per heavy atom. The maximum atomic E-state index is 14.4. The van der Waals surface area contributed by atoms with Crippen LogP contribution in [0.5, 0.6) is 11.9 Å². The first kappa shape index (κ1) is 73.5. The Labute approximate surface area is 534 Å². The molecule has 9 rings (SSSR count). The maximum Gasteiger partial charge on any atom is 0.319 e. The number of likely N-dealkylation sites (tertiary alicyclic amines) is 2. The summed E-state index contributed by atoms with van der Waals surface area (Å²) in [6.07, 6.45) is 11.5. The molecule has 2 atom stereocenters. The molecule has 4 saturated heterocycles. The van der Waals surface area contributed by atoms with E-state index in [1.807, 2.05) is 81.4 Å². The Balaban J connectivity index is 0.000000456. The summed E-state index contributed by atoms with van der Waals surface area (Å²) in [5.74, 6) is 0.174. The Kier molecular flexibility index (Phi) is 32.0. The van der Waals surface area contributed by atoms with Crippen LogP contribution in [0.2, 0.25) is 0 Å². The van der Waals surface area contributed by atoms with Gasteiger partial charge in [0.25, 0.3) is 5.91 Å². The van der Waals surface area contributed by atoms with Crippen LogP contribution in [0.15, 0.2) is 72.9 Å². The lowest BCUT2D eigenvalue weighted by molar-refractivity contribution is -0.137. The molecule has 4 aromatic rings. The Morgan fingerprint density at radius 1 is 0.756 bits per heavy atom. The molecule has 1 aliphatic carbocycles. The average Bonchev–Trinajstić information content (AvgIpc) is 1.77. The Morgan fingerprint density at radius 2 is 1.43 bits per heavy atom. The number of aromatic nitrogens is 2. The first-order chi connectivity index (χ1) is 43.7. The number of likely N-dealkylation sites (N-methyl/N-ethyl adjacent to an activating group) is 1. The molecule has 0 radical (unpaired) electrons. The van der Waals surface area contributed by atoms with Crippen molar-refractivity contribution in [3.63, 3.8) is 0 Å². The van der Waals surface area contributed by atoms with Gasteiger partial charge in [0, 0.05) is 125 Å². The number of benzene rings is 3. The summed E-state index contributed by atoms with van der Waals surface area (Å²) in [5.41, 5.74) is 9.05. The number of primary amides is 1. The lowest BCUT2D eigenvalue weighted by Crippen LogP contribution is -2.57. The fourth-order valence-electron chi connectivity index (χ4n) is 12.2. The fourth-order valence-corrected chi connectivity index (χ4v) is 12.2. The molecule has 21 heteroatoms. The SMILES string of the molecule is CC.CC.CC.CCOc1nc(OC)ncc1CNCC(=O)N1CCCC(c2cccc(C(=O)NC(C(=O)N3CCN(CC4CCN(CC(=O)N5CCN(C)CC5)CC4)CC3)C3CCCCC3)c2)C1.N=C(Cc1ccc(F)c(C=O)c1)c1ccccc1C(N)=O. The number of carbonyl (C=O) groups is 6. The van der Waals surface area contributed by atoms with Crippen LogP contribution < -0.4 is 25.8 Å². The maximum absolute atomic E-state index is 14.4. The summed E-state index contributed by atoms with van der Waals surface area (Å²) in [6, 6.07) is 18.1. The number of hydrogen-bond donors (Lipinski definition) is 4. The second kappa shape index (κ2) is 39.1. The van der Waals surface area contributed by atoms with Crippen LogP contribution >= 0.6 is 0 Å². The largest absolute Gasteiger partial charge is 0.478 e. The number of piperidine rings is 2. The van der Waals surface area contributed by atoms with Gasteiger partial charge in [0.05, 0.1) is 32.4 Å². The quantitative estimate of drug-likeness (QED) is 0.0455. The molecule has 5 N–H and O–H groups in total. The monoisotopic (exact) mass is 1250 g/mol. The minimum absolute atomic E-state index is 0.0160. The van der Waals surface area contributed by atoms with Gasteiger partial charge in [-0.15, -0.1) is 0 Å². The van der Waals surface area contributed by atoms with E-state index in [0.29, 0.717) is 80.6 Å². The molecular weight excluding hydrogens is 1140 g/mol. The molecule has 0 spiro atoms. The minimum atomic E-state index is -0.608. The van der Waals surface area contributed by atoms with E-state index < -0.39 is 17.8 Å². The number of rotatable bonds is 21. The first-order valence-corrected chi connectivity index (χ1v) is 33.0. The molecule has 494 valence electrons. The second-order valence-corrected chi connectivity index (χ2v) is 22.9. The van der Waals surface area contributed by atoms with Gasteiger partial charge in [0.1, 0.15) is 11.9 Å². The normalized spacial score (nSPS) is 17.8. The van der Waals surface area contributed by atoms with E-state index in [1.54, 1.807) is 30.5 Å². The van der Waals surface area contributed by atoms with Gasteiger partial charge in [-0.05, 0) is 119 Å². The van der Waals surface area contributed by atoms with Crippen LogP contribution in [-0.4, -0.2) is 206 Å². The molecule has 5 heterocycles. The second-order valence-electron chi connectivity index (χ2n) is 22.9. The van der Waals surface area contributed by atoms with E-state index in [-0.39, 0.29) is 71.3 Å². The van der Waals surface area contributed by atoms with E-state index in [4.69, 9.17) is 20.6 Å². The average molecular weight is 1250 g/mol. The molecule has 5 fully saturated rings. The molecule has 3 aromatic carbocycles. The number of nitrogens with one attached hydrogen (secondary N) is 3. The van der Waals surface area contributed by atoms with Crippen LogP contribution in [0.4, 0.5) is 4.39 Å². The van der Waals surface area contributed by atoms with E-state index in [9.17, 15) is 33.2 Å². The third-order valence-electron chi connectivity index (χ3n) is 17.1. The summed E-state index contributed by atoms with van der Waals surface area (Å²) >= 11 is 0. The third-order valence-corrected chi connectivity index (χ3v) is 17.1. The predicted molar refractivity (Wildman–Crippen MR) is 352 cm³/mol. The van der Waals surface area contributed by atoms with Gasteiger partial charge >= 0.3 is 6.01 Å². The van der Waals surface area contributed by atoms with Crippen LogP contribution in [0, 0.1) is 23.1 Å². The highest BCUT2D eigenvalue weighted by Gasteiger charge is 2.36. The van der Waals surface area contributed by atoms with Crippen molar-refractivity contribution >= 4 is 41.5 Å². The van der Waals surface area contributed by atoms with Crippen molar-refractivity contribution in [3.05, 3.63) is 118 Å². The summed E-state index contributed by atoms with van der Waals surface area (Å²) < 4.78 is 24.0. The van der Waals surface area contributed by atoms with E-state index in [1.165, 1.54) is 31.7 Å². The zero-order valence-corrected chi connectivity index (χ0v) is 55.2. The number of nitrogens with two attached hydrogens (primary N) is 1. The number of amides is 5. The van der Waals surface area contributed by atoms with Gasteiger partial charge < -0.3 is 50.8 Å². The van der Waals surface area contributed by atoms with Crippen molar-refractivity contribution in [3.8, 4) is 11.9 Å². The standard InChI is InChI=1S/C47H72N10O6.C16H13FN2O2.3C2H6/c1-4-63-45-40(30-49-47(51-45)62-3)29-48-31-41(58)57-17-9-14-39(33-57)37-12-8-13-38(28-37)44(60)50-43(36-10-6-5-7-11-36)46(61)56-26-22-54(23-27-56)32-35-15-18-53(19-16-35)34-42(59)55-24-20-52(2)21-25-55;17-14-6-5-10(7-11(14)9-20)8-15(18)12-3-1-2-4-13(12)16(19)21;3*1-2/h8,12-13,28,30,35-36,39,43,48H,4-7,9-11,14-27,29,31-34H2,1-3H3,(H,50,60);1-7,9,18H,8H2,(H2,19,21);3*1-2H3. The topological polar surface area (TPSA) is 240 Å². The number of ether oxygens (including phenoxy) is 2. The summed E-state index contributed by atoms with van der Waals surface area (Å²) in [5, 5.41) is 14.6. The van der Waals surface area contributed by atoms with E-state index in [0.717, 1.165) is 121 Å². The van der Waals surface area contributed by atoms with Gasteiger partial charge in [0.15, 0.2) is 6.29 Å². The van der Waals surface area contributed by atoms with Crippen molar-refractivity contribution in [2.45, 2.75) is 131 Å². The number of piperazine rings is 2. The zero-order chi connectivity index (χ0) is 65.5. The first-order valence-electron chi connectivity index (χ1n) is 33.0. The number of methoxy groups -OCH3 is 1. The van der Waals surface area contributed by atoms with Gasteiger partial charge in [-0.25, -0.2) is 9.37 Å². The number of nitrogens with zero attached hydrogens (tertiary/aromatic N) is 8. The zero-order valence-electron chi connectivity index (χ0n) is 55.2. The fraction of sp³-hybridized carbons (Fsp3) is 0.580. The highest BCUT2D eigenvalue weighted by molar-refractivity contribution is 6.09. The van der Waals surface area contributed by atoms with Crippen molar-refractivity contribution < 1.29 is 42.6 Å². The minimum Gasteiger partial charge on any atom is -0.478 e. The van der Waals surface area contributed by atoms with Crippen LogP contribution in [0.3, 0.4) is 0 Å². The number of aldehydes is 1. The van der Waals surface area contributed by atoms with E-state index >= 15 is 0 Å². The van der Waals surface area contributed by atoms with Crippen molar-refractivity contribution in [2.75, 3.05) is 119 Å². The van der Waals surface area contributed by atoms with Gasteiger partial charge in [0.2, 0.25) is 29.5 Å². The smallest absolute Gasteiger partial charge is 0.319 e. The number of hydrogen-bond acceptors (Lipinski definition) is 15. The van der Waals surface area contributed by atoms with Gasteiger partial charge in [-0.1, -0.05) is 97.2 Å². The predicted octanol–water partition coefficient (Wildman–Crippen LogP) is 8.11. The summed E-state index contributed by atoms with van der Waals surface area (Å²) in [6.45, 7) is 26.2. The van der Waals surface area contributed by atoms with Crippen LogP contribution in [0.1, 0.15) is 165 Å². The molecule has 4 aliphatic heterocycles. The Bertz CT molecular complexity index is 2900. The number of halogens is 1. The Hall–Kier alpha value is -7.20. The van der Waals surface area contributed by atoms with E-state index in [2.05, 4.69) is 48.4 Å². The molecule has 0 bridgehead atoms. The molecule has 5 amide bonds. The molecule has 90 heavy (non-hydrogen) atoms. The lowest BCUT2D eigenvalue weighted by Gasteiger charge is -2.41. The summed E-state index contributed by atoms with van der Waals surface area (Å²) in [7, 11) is 3.62. The molecule has 2 unspecified atom stereocenters. The highest BCUT2D eigenvalue weighted by Crippen LogP contribution is 2.31. The van der Waals surface area contributed by atoms with Gasteiger partial charge in [-0.3, -0.25) is 38.6 Å². The third kappa shape index (κ3) is 22.0. The van der Waals surface area contributed by atoms with Crippen LogP contribution in [-0.2, 0) is 27.3 Å². The van der Waals surface area contributed by atoms with Crippen molar-refractivity contribution in [1.82, 2.24) is 50.0 Å². The molecule has 1 aromatic heterocycles. The van der Waals surface area contributed by atoms with Crippen molar-refractivity contribution in [1.29, 1.82) is 5.41 Å². The lowest BCUT2D eigenvalue weighted by atomic mass is 9.83.